The lowest BCUT2D eigenvalue weighted by Gasteiger charge is -2.42. The fraction of sp³-hybridized carbons (Fsp3) is 0.500. The van der Waals surface area contributed by atoms with Crippen molar-refractivity contribution >= 4 is 18.7 Å². The van der Waals surface area contributed by atoms with Crippen LogP contribution in [-0.4, -0.2) is 27.6 Å². The second kappa shape index (κ2) is 11.3. The van der Waals surface area contributed by atoms with Crippen LogP contribution in [0, 0.1) is 5.92 Å². The molecule has 0 spiro atoms. The number of ether oxygens (including phenoxy) is 1. The van der Waals surface area contributed by atoms with Gasteiger partial charge in [0.25, 0.3) is 8.32 Å². The summed E-state index contributed by atoms with van der Waals surface area (Å²) in [4.78, 5) is 0. The Labute approximate surface area is 191 Å². The van der Waals surface area contributed by atoms with Crippen LogP contribution in [0.1, 0.15) is 60.8 Å². The van der Waals surface area contributed by atoms with Crippen molar-refractivity contribution in [1.29, 1.82) is 0 Å². The van der Waals surface area contributed by atoms with Gasteiger partial charge >= 0.3 is 0 Å². The van der Waals surface area contributed by atoms with E-state index in [4.69, 9.17) is 9.16 Å². The van der Waals surface area contributed by atoms with E-state index in [1.54, 1.807) is 0 Å². The largest absolute Gasteiger partial charge is 0.404 e. The Kier molecular flexibility index (Phi) is 9.29. The minimum absolute atomic E-state index is 0.00856. The molecule has 0 aromatic heterocycles. The van der Waals surface area contributed by atoms with Crippen molar-refractivity contribution in [3.05, 3.63) is 72.8 Å². The highest BCUT2D eigenvalue weighted by molar-refractivity contribution is 6.99. The van der Waals surface area contributed by atoms with Gasteiger partial charge in [-0.25, -0.2) is 0 Å². The first-order chi connectivity index (χ1) is 14.6. The zero-order valence-electron chi connectivity index (χ0n) is 20.7. The third kappa shape index (κ3) is 6.65. The average molecular weight is 439 g/mol. The lowest BCUT2D eigenvalue weighted by atomic mass is 9.95. The fourth-order valence-electron chi connectivity index (χ4n) is 4.35. The molecule has 2 nitrogen and oxygen atoms in total. The van der Waals surface area contributed by atoms with Gasteiger partial charge in [0.1, 0.15) is 0 Å². The Morgan fingerprint density at radius 2 is 1.39 bits per heavy atom. The molecule has 1 atom stereocenters. The molecule has 170 valence electrons. The molecule has 3 heteroatoms. The van der Waals surface area contributed by atoms with Crippen LogP contribution in [0.5, 0.6) is 0 Å². The minimum atomic E-state index is -2.49. The maximum Gasteiger partial charge on any atom is 0.261 e. The SMILES string of the molecule is CO[C@](C)(/C=C/CO[Si](c1ccccc1)(c1ccccc1)C(C)(C)C)CCCC(C)C. The number of rotatable bonds is 11. The summed E-state index contributed by atoms with van der Waals surface area (Å²) in [7, 11) is -0.680. The molecule has 0 saturated carbocycles. The standard InChI is InChI=1S/C28H42O2Si/c1-24(2)16-14-21-28(6,29-7)22-15-23-30-31(27(3,4)5,25-17-10-8-11-18-25)26-19-12-9-13-20-26/h8-13,15,17-20,22,24H,14,16,21,23H2,1-7H3/b22-15+/t28-/m0/s1. The van der Waals surface area contributed by atoms with Gasteiger partial charge in [0.05, 0.1) is 12.2 Å². The molecular formula is C28H42O2Si. The second-order valence-electron chi connectivity index (χ2n) is 10.2. The Balaban J connectivity index is 2.30. The number of benzene rings is 2. The number of hydrogen-bond donors (Lipinski definition) is 0. The molecule has 0 unspecified atom stereocenters. The topological polar surface area (TPSA) is 18.5 Å². The molecule has 2 aromatic carbocycles. The van der Waals surface area contributed by atoms with Crippen molar-refractivity contribution in [2.45, 2.75) is 71.4 Å². The van der Waals surface area contributed by atoms with E-state index in [0.717, 1.165) is 12.3 Å². The third-order valence-corrected chi connectivity index (χ3v) is 11.2. The molecule has 0 N–H and O–H groups in total. The van der Waals surface area contributed by atoms with Gasteiger partial charge in [0, 0.05) is 7.11 Å². The van der Waals surface area contributed by atoms with Crippen LogP contribution in [0.4, 0.5) is 0 Å². The summed E-state index contributed by atoms with van der Waals surface area (Å²) >= 11 is 0. The smallest absolute Gasteiger partial charge is 0.261 e. The van der Waals surface area contributed by atoms with E-state index in [1.165, 1.54) is 23.2 Å². The summed E-state index contributed by atoms with van der Waals surface area (Å²) in [6.07, 6.45) is 7.79. The first-order valence-corrected chi connectivity index (χ1v) is 13.5. The van der Waals surface area contributed by atoms with Crippen molar-refractivity contribution < 1.29 is 9.16 Å². The maximum atomic E-state index is 6.95. The van der Waals surface area contributed by atoms with E-state index < -0.39 is 8.32 Å². The Hall–Kier alpha value is -1.68. The molecule has 2 aromatic rings. The van der Waals surface area contributed by atoms with Crippen molar-refractivity contribution in [2.75, 3.05) is 13.7 Å². The predicted molar refractivity (Wildman–Crippen MR) is 137 cm³/mol. The predicted octanol–water partition coefficient (Wildman–Crippen LogP) is 6.35. The third-order valence-electron chi connectivity index (χ3n) is 6.20. The molecule has 0 fully saturated rings. The fourth-order valence-corrected chi connectivity index (χ4v) is 8.85. The number of methoxy groups -OCH3 is 1. The van der Waals surface area contributed by atoms with Gasteiger partial charge in [0.15, 0.2) is 0 Å². The first kappa shape index (κ1) is 25.6. The monoisotopic (exact) mass is 438 g/mol. The van der Waals surface area contributed by atoms with Crippen molar-refractivity contribution in [1.82, 2.24) is 0 Å². The Morgan fingerprint density at radius 1 is 0.871 bits per heavy atom. The van der Waals surface area contributed by atoms with Gasteiger partial charge in [-0.3, -0.25) is 0 Å². The van der Waals surface area contributed by atoms with Crippen LogP contribution in [0.25, 0.3) is 0 Å². The molecule has 2 rings (SSSR count). The highest BCUT2D eigenvalue weighted by Gasteiger charge is 2.49. The highest BCUT2D eigenvalue weighted by atomic mass is 28.4. The molecule has 0 amide bonds. The zero-order chi connectivity index (χ0) is 23.0. The highest BCUT2D eigenvalue weighted by Crippen LogP contribution is 2.36. The van der Waals surface area contributed by atoms with E-state index in [0.29, 0.717) is 6.61 Å². The van der Waals surface area contributed by atoms with Gasteiger partial charge in [-0.2, -0.15) is 0 Å². The van der Waals surface area contributed by atoms with E-state index in [2.05, 4.69) is 114 Å². The molecule has 0 aliphatic rings. The molecule has 0 bridgehead atoms. The lowest BCUT2D eigenvalue weighted by Crippen LogP contribution is -2.66. The zero-order valence-corrected chi connectivity index (χ0v) is 21.7. The summed E-state index contributed by atoms with van der Waals surface area (Å²) in [5.41, 5.74) is -0.246. The molecule has 0 aliphatic heterocycles. The van der Waals surface area contributed by atoms with Crippen LogP contribution in [0.2, 0.25) is 5.04 Å². The molecule has 31 heavy (non-hydrogen) atoms. The van der Waals surface area contributed by atoms with Crippen LogP contribution in [0.15, 0.2) is 72.8 Å². The minimum Gasteiger partial charge on any atom is -0.404 e. The van der Waals surface area contributed by atoms with E-state index in [1.807, 2.05) is 7.11 Å². The average Bonchev–Trinajstić information content (AvgIpc) is 2.74. The van der Waals surface area contributed by atoms with E-state index in [-0.39, 0.29) is 10.6 Å². The maximum absolute atomic E-state index is 6.95. The van der Waals surface area contributed by atoms with Crippen molar-refractivity contribution in [3.8, 4) is 0 Å². The van der Waals surface area contributed by atoms with Crippen molar-refractivity contribution in [2.24, 2.45) is 5.92 Å². The molecule has 0 aliphatic carbocycles. The molecule has 0 heterocycles. The molecule has 0 radical (unpaired) electrons. The first-order valence-electron chi connectivity index (χ1n) is 11.6. The Morgan fingerprint density at radius 3 is 1.81 bits per heavy atom. The summed E-state index contributed by atoms with van der Waals surface area (Å²) in [5, 5.41) is 2.62. The van der Waals surface area contributed by atoms with E-state index in [9.17, 15) is 0 Å². The summed E-state index contributed by atoms with van der Waals surface area (Å²) in [6.45, 7) is 14.2. The van der Waals surface area contributed by atoms with Gasteiger partial charge in [-0.15, -0.1) is 0 Å². The number of hydrogen-bond acceptors (Lipinski definition) is 2. The molecule has 0 saturated heterocycles. The quantitative estimate of drug-likeness (QED) is 0.300. The normalized spacial score (nSPS) is 14.8. The lowest BCUT2D eigenvalue weighted by molar-refractivity contribution is 0.0381. The summed E-state index contributed by atoms with van der Waals surface area (Å²) in [5.74, 6) is 0.726. The summed E-state index contributed by atoms with van der Waals surface area (Å²) in [6, 6.07) is 21.6. The van der Waals surface area contributed by atoms with Gasteiger partial charge in [0.2, 0.25) is 0 Å². The van der Waals surface area contributed by atoms with Crippen LogP contribution in [-0.2, 0) is 9.16 Å². The van der Waals surface area contributed by atoms with Gasteiger partial charge < -0.3 is 9.16 Å². The van der Waals surface area contributed by atoms with Crippen LogP contribution < -0.4 is 10.4 Å². The van der Waals surface area contributed by atoms with Gasteiger partial charge in [-0.05, 0) is 34.7 Å². The summed E-state index contributed by atoms with van der Waals surface area (Å²) < 4.78 is 12.8. The molecular weight excluding hydrogens is 396 g/mol. The van der Waals surface area contributed by atoms with E-state index >= 15 is 0 Å². The van der Waals surface area contributed by atoms with Gasteiger partial charge in [-0.1, -0.05) is 120 Å². The Bertz CT molecular complexity index is 753. The van der Waals surface area contributed by atoms with Crippen molar-refractivity contribution in [3.63, 3.8) is 0 Å². The van der Waals surface area contributed by atoms with Crippen LogP contribution in [0.3, 0.4) is 0 Å². The van der Waals surface area contributed by atoms with Crippen LogP contribution >= 0.6 is 0 Å². The second-order valence-corrected chi connectivity index (χ2v) is 14.5.